The molecule has 0 N–H and O–H groups in total. The van der Waals surface area contributed by atoms with E-state index in [0.29, 0.717) is 0 Å². The maximum absolute atomic E-state index is 6.84. The monoisotopic (exact) mass is 137 g/mol. The van der Waals surface area contributed by atoms with E-state index in [4.69, 9.17) is 6.57 Å². The van der Waals surface area contributed by atoms with Crippen molar-refractivity contribution >= 4 is 0 Å². The van der Waals surface area contributed by atoms with E-state index in [1.165, 1.54) is 0 Å². The van der Waals surface area contributed by atoms with E-state index in [1.807, 2.05) is 19.9 Å². The first-order valence-electron chi connectivity index (χ1n) is 3.62. The average Bonchev–Trinajstić information content (AvgIpc) is 1.89. The van der Waals surface area contributed by atoms with Crippen LogP contribution in [0.3, 0.4) is 0 Å². The van der Waals surface area contributed by atoms with Crippen molar-refractivity contribution in [1.82, 2.24) is 0 Å². The molecule has 0 amide bonds. The number of unbranched alkanes of at least 4 members (excludes halogenated alkanes) is 1. The summed E-state index contributed by atoms with van der Waals surface area (Å²) in [5, 5.41) is 0. The Morgan fingerprint density at radius 2 is 2.20 bits per heavy atom. The van der Waals surface area contributed by atoms with Gasteiger partial charge >= 0.3 is 0 Å². The molecule has 0 aromatic rings. The number of rotatable bonds is 4. The molecule has 10 heavy (non-hydrogen) atoms. The zero-order valence-electron chi connectivity index (χ0n) is 6.85. The minimum Gasteiger partial charge on any atom is -0.311 e. The largest absolute Gasteiger partial charge is 0.311 e. The van der Waals surface area contributed by atoms with Crippen LogP contribution in [0.25, 0.3) is 4.85 Å². The summed E-state index contributed by atoms with van der Waals surface area (Å²) in [6.45, 7) is 14.4. The van der Waals surface area contributed by atoms with Crippen molar-refractivity contribution in [2.75, 3.05) is 0 Å². The van der Waals surface area contributed by atoms with Gasteiger partial charge in [0.05, 0.1) is 0 Å². The summed E-state index contributed by atoms with van der Waals surface area (Å²) in [6.07, 6.45) is 4.99. The van der Waals surface area contributed by atoms with Crippen LogP contribution < -0.4 is 0 Å². The van der Waals surface area contributed by atoms with Crippen molar-refractivity contribution in [3.8, 4) is 0 Å². The van der Waals surface area contributed by atoms with Crippen molar-refractivity contribution in [2.24, 2.45) is 0 Å². The predicted molar refractivity (Wildman–Crippen MR) is 44.7 cm³/mol. The molecule has 56 valence electrons. The Hall–Kier alpha value is -0.770. The highest BCUT2D eigenvalue weighted by Gasteiger charge is 2.20. The van der Waals surface area contributed by atoms with E-state index >= 15 is 0 Å². The Morgan fingerprint density at radius 3 is 2.60 bits per heavy atom. The van der Waals surface area contributed by atoms with Crippen molar-refractivity contribution in [3.63, 3.8) is 0 Å². The van der Waals surface area contributed by atoms with Crippen LogP contribution in [0.2, 0.25) is 0 Å². The molecule has 1 heteroatoms. The van der Waals surface area contributed by atoms with Crippen LogP contribution in [0, 0.1) is 6.57 Å². The van der Waals surface area contributed by atoms with Gasteiger partial charge in [-0.1, -0.05) is 6.08 Å². The van der Waals surface area contributed by atoms with Crippen LogP contribution in [0.5, 0.6) is 0 Å². The summed E-state index contributed by atoms with van der Waals surface area (Å²) in [6, 6.07) is 0. The highest BCUT2D eigenvalue weighted by atomic mass is 14.8. The lowest BCUT2D eigenvalue weighted by Gasteiger charge is -2.08. The van der Waals surface area contributed by atoms with Gasteiger partial charge < -0.3 is 4.85 Å². The van der Waals surface area contributed by atoms with E-state index in [0.717, 1.165) is 19.3 Å². The lowest BCUT2D eigenvalue weighted by atomic mass is 9.99. The smallest absolute Gasteiger partial charge is 0.227 e. The number of nitrogens with zero attached hydrogens (tertiary/aromatic N) is 1. The molecule has 0 bridgehead atoms. The first-order chi connectivity index (χ1) is 4.62. The predicted octanol–water partition coefficient (Wildman–Crippen LogP) is 3.04. The van der Waals surface area contributed by atoms with E-state index in [-0.39, 0.29) is 5.54 Å². The van der Waals surface area contributed by atoms with Crippen LogP contribution in [-0.4, -0.2) is 5.54 Å². The molecule has 0 aliphatic heterocycles. The first-order valence-corrected chi connectivity index (χ1v) is 3.62. The molecule has 0 saturated carbocycles. The zero-order valence-corrected chi connectivity index (χ0v) is 6.85. The third-order valence-electron chi connectivity index (χ3n) is 1.50. The van der Waals surface area contributed by atoms with Gasteiger partial charge in [0, 0.05) is 20.3 Å². The van der Waals surface area contributed by atoms with Crippen LogP contribution in [0.15, 0.2) is 12.7 Å². The Balaban J connectivity index is 3.49. The zero-order chi connectivity index (χ0) is 8.04. The van der Waals surface area contributed by atoms with Gasteiger partial charge in [-0.2, -0.15) is 0 Å². The molecule has 0 aliphatic carbocycles. The Morgan fingerprint density at radius 1 is 1.60 bits per heavy atom. The van der Waals surface area contributed by atoms with Crippen LogP contribution >= 0.6 is 0 Å². The normalized spacial score (nSPS) is 10.5. The van der Waals surface area contributed by atoms with Crippen LogP contribution in [0.4, 0.5) is 0 Å². The molecule has 0 fully saturated rings. The van der Waals surface area contributed by atoms with Crippen LogP contribution in [0.1, 0.15) is 33.1 Å². The fourth-order valence-electron chi connectivity index (χ4n) is 0.735. The molecule has 0 unspecified atom stereocenters. The Kier molecular flexibility index (Phi) is 3.79. The van der Waals surface area contributed by atoms with Gasteiger partial charge in [0.25, 0.3) is 0 Å². The maximum atomic E-state index is 6.84. The third kappa shape index (κ3) is 4.14. The van der Waals surface area contributed by atoms with Gasteiger partial charge in [0.2, 0.25) is 5.54 Å². The van der Waals surface area contributed by atoms with Gasteiger partial charge in [-0.05, 0) is 12.8 Å². The lowest BCUT2D eigenvalue weighted by molar-refractivity contribution is 0.534. The van der Waals surface area contributed by atoms with Gasteiger partial charge in [-0.15, -0.1) is 6.58 Å². The second kappa shape index (κ2) is 4.11. The molecule has 0 aromatic carbocycles. The number of allylic oxidation sites excluding steroid dienone is 1. The summed E-state index contributed by atoms with van der Waals surface area (Å²) in [5.74, 6) is 0. The van der Waals surface area contributed by atoms with Gasteiger partial charge in [-0.3, -0.25) is 0 Å². The topological polar surface area (TPSA) is 4.36 Å². The molecular weight excluding hydrogens is 122 g/mol. The minimum atomic E-state index is -0.164. The Bertz CT molecular complexity index is 139. The minimum absolute atomic E-state index is 0.164. The van der Waals surface area contributed by atoms with Crippen molar-refractivity contribution in [3.05, 3.63) is 24.1 Å². The molecule has 0 radical (unpaired) electrons. The van der Waals surface area contributed by atoms with E-state index in [9.17, 15) is 0 Å². The van der Waals surface area contributed by atoms with E-state index in [2.05, 4.69) is 11.4 Å². The third-order valence-corrected chi connectivity index (χ3v) is 1.50. The first kappa shape index (κ1) is 9.23. The second-order valence-electron chi connectivity index (χ2n) is 3.11. The molecule has 0 saturated heterocycles. The number of hydrogen-bond acceptors (Lipinski definition) is 0. The van der Waals surface area contributed by atoms with Crippen molar-refractivity contribution in [1.29, 1.82) is 0 Å². The van der Waals surface area contributed by atoms with E-state index < -0.39 is 0 Å². The molecule has 1 nitrogen and oxygen atoms in total. The standard InChI is InChI=1S/C9H15N/c1-5-6-7-8-9(2,3)10-4/h5H,1,6-8H2,2-3H3. The second-order valence-corrected chi connectivity index (χ2v) is 3.11. The van der Waals surface area contributed by atoms with Crippen molar-refractivity contribution in [2.45, 2.75) is 38.6 Å². The fraction of sp³-hybridized carbons (Fsp3) is 0.667. The SMILES string of the molecule is [C-]#[N+]C(C)(C)CCCC=C. The van der Waals surface area contributed by atoms with Gasteiger partial charge in [-0.25, -0.2) is 6.57 Å². The molecule has 0 aromatic heterocycles. The quantitative estimate of drug-likeness (QED) is 0.318. The van der Waals surface area contributed by atoms with Gasteiger partial charge in [0.1, 0.15) is 0 Å². The maximum Gasteiger partial charge on any atom is 0.227 e. The Labute approximate surface area is 63.6 Å². The summed E-state index contributed by atoms with van der Waals surface area (Å²) < 4.78 is 0. The highest BCUT2D eigenvalue weighted by Crippen LogP contribution is 2.17. The molecule has 0 rings (SSSR count). The summed E-state index contributed by atoms with van der Waals surface area (Å²) in [7, 11) is 0. The number of hydrogen-bond donors (Lipinski definition) is 0. The molecule has 0 spiro atoms. The lowest BCUT2D eigenvalue weighted by Crippen LogP contribution is -2.12. The molecule has 0 aliphatic rings. The summed E-state index contributed by atoms with van der Waals surface area (Å²) in [5.41, 5.74) is -0.164. The summed E-state index contributed by atoms with van der Waals surface area (Å²) in [4.78, 5) is 3.51. The van der Waals surface area contributed by atoms with E-state index in [1.54, 1.807) is 0 Å². The van der Waals surface area contributed by atoms with Crippen molar-refractivity contribution < 1.29 is 0 Å². The van der Waals surface area contributed by atoms with Gasteiger partial charge in [0.15, 0.2) is 0 Å². The highest BCUT2D eigenvalue weighted by molar-refractivity contribution is 4.89. The fourth-order valence-corrected chi connectivity index (χ4v) is 0.735. The molecular formula is C9H15N. The molecule has 0 atom stereocenters. The summed E-state index contributed by atoms with van der Waals surface area (Å²) >= 11 is 0. The molecule has 0 heterocycles. The average molecular weight is 137 g/mol. The van der Waals surface area contributed by atoms with Crippen LogP contribution in [-0.2, 0) is 0 Å².